The molecule has 0 saturated carbocycles. The van der Waals surface area contributed by atoms with E-state index >= 15 is 0 Å². The van der Waals surface area contributed by atoms with Crippen molar-refractivity contribution in [1.82, 2.24) is 4.90 Å². The first-order chi connectivity index (χ1) is 9.58. The molecule has 0 unspecified atom stereocenters. The van der Waals surface area contributed by atoms with Gasteiger partial charge in [-0.25, -0.2) is 0 Å². The second-order valence-electron chi connectivity index (χ2n) is 4.80. The molecule has 0 aromatic heterocycles. The molecule has 0 radical (unpaired) electrons. The number of hydrogen-bond acceptors (Lipinski definition) is 4. The Bertz CT molecular complexity index is 529. The standard InChI is InChI=1S/C15H19NO4/c1-10-13(19-2)5-4-12(14(10)20-3)15(18)16-8-6-11(17)7-9-16/h4-5H,6-9H2,1-3H3. The fourth-order valence-corrected chi connectivity index (χ4v) is 2.46. The van der Waals surface area contributed by atoms with E-state index in [-0.39, 0.29) is 11.7 Å². The zero-order valence-corrected chi connectivity index (χ0v) is 12.1. The number of benzene rings is 1. The highest BCUT2D eigenvalue weighted by atomic mass is 16.5. The van der Waals surface area contributed by atoms with Crippen LogP contribution in [0.4, 0.5) is 0 Å². The van der Waals surface area contributed by atoms with E-state index in [4.69, 9.17) is 9.47 Å². The van der Waals surface area contributed by atoms with Crippen LogP contribution in [0.1, 0.15) is 28.8 Å². The van der Waals surface area contributed by atoms with Gasteiger partial charge in [0.25, 0.3) is 5.91 Å². The van der Waals surface area contributed by atoms with E-state index in [0.717, 1.165) is 5.56 Å². The van der Waals surface area contributed by atoms with E-state index in [1.807, 2.05) is 6.92 Å². The van der Waals surface area contributed by atoms with E-state index in [2.05, 4.69) is 0 Å². The summed E-state index contributed by atoms with van der Waals surface area (Å²) in [5.41, 5.74) is 1.31. The molecule has 108 valence electrons. The molecule has 1 aliphatic heterocycles. The van der Waals surface area contributed by atoms with Gasteiger partial charge in [-0.15, -0.1) is 0 Å². The zero-order valence-electron chi connectivity index (χ0n) is 12.1. The van der Waals surface area contributed by atoms with Gasteiger partial charge in [-0.05, 0) is 19.1 Å². The minimum Gasteiger partial charge on any atom is -0.496 e. The van der Waals surface area contributed by atoms with Crippen LogP contribution in [0.15, 0.2) is 12.1 Å². The quantitative estimate of drug-likeness (QED) is 0.845. The maximum absolute atomic E-state index is 12.5. The number of ether oxygens (including phenoxy) is 2. The van der Waals surface area contributed by atoms with Crippen molar-refractivity contribution < 1.29 is 19.1 Å². The fraction of sp³-hybridized carbons (Fsp3) is 0.467. The van der Waals surface area contributed by atoms with Crippen molar-refractivity contribution in [3.63, 3.8) is 0 Å². The molecule has 5 nitrogen and oxygen atoms in total. The Labute approximate surface area is 118 Å². The maximum atomic E-state index is 12.5. The van der Waals surface area contributed by atoms with Gasteiger partial charge in [0.15, 0.2) is 0 Å². The van der Waals surface area contributed by atoms with Crippen LogP contribution in [0, 0.1) is 6.92 Å². The number of Topliss-reactive ketones (excluding diaryl/α,β-unsaturated/α-hetero) is 1. The largest absolute Gasteiger partial charge is 0.496 e. The summed E-state index contributed by atoms with van der Waals surface area (Å²) in [5.74, 6) is 1.34. The van der Waals surface area contributed by atoms with Crippen molar-refractivity contribution in [3.05, 3.63) is 23.3 Å². The molecule has 2 rings (SSSR count). The molecule has 0 N–H and O–H groups in total. The Morgan fingerprint density at radius 3 is 2.35 bits per heavy atom. The van der Waals surface area contributed by atoms with Gasteiger partial charge in [0.1, 0.15) is 17.3 Å². The number of amides is 1. The first-order valence-electron chi connectivity index (χ1n) is 6.61. The third-order valence-electron chi connectivity index (χ3n) is 3.62. The molecule has 0 bridgehead atoms. The molecule has 20 heavy (non-hydrogen) atoms. The van der Waals surface area contributed by atoms with Crippen molar-refractivity contribution in [1.29, 1.82) is 0 Å². The Balaban J connectivity index is 2.30. The van der Waals surface area contributed by atoms with Crippen LogP contribution in [0.25, 0.3) is 0 Å². The Morgan fingerprint density at radius 2 is 1.80 bits per heavy atom. The lowest BCUT2D eigenvalue weighted by Crippen LogP contribution is -2.38. The molecule has 1 aliphatic rings. The predicted molar refractivity (Wildman–Crippen MR) is 74.4 cm³/mol. The summed E-state index contributed by atoms with van der Waals surface area (Å²) in [4.78, 5) is 25.5. The minimum atomic E-state index is -0.0971. The molecule has 1 fully saturated rings. The molecule has 1 aromatic rings. The number of carbonyl (C=O) groups excluding carboxylic acids is 2. The second-order valence-corrected chi connectivity index (χ2v) is 4.80. The number of ketones is 1. The topological polar surface area (TPSA) is 55.8 Å². The average Bonchev–Trinajstić information content (AvgIpc) is 2.47. The summed E-state index contributed by atoms with van der Waals surface area (Å²) < 4.78 is 10.6. The number of rotatable bonds is 3. The van der Waals surface area contributed by atoms with Crippen molar-refractivity contribution >= 4 is 11.7 Å². The lowest BCUT2D eigenvalue weighted by Gasteiger charge is -2.27. The van der Waals surface area contributed by atoms with Gasteiger partial charge >= 0.3 is 0 Å². The summed E-state index contributed by atoms with van der Waals surface area (Å²) in [5, 5.41) is 0. The first kappa shape index (κ1) is 14.4. The SMILES string of the molecule is COc1ccc(C(=O)N2CCC(=O)CC2)c(OC)c1C. The molecule has 0 spiro atoms. The molecule has 1 saturated heterocycles. The third-order valence-corrected chi connectivity index (χ3v) is 3.62. The Hall–Kier alpha value is -2.04. The van der Waals surface area contributed by atoms with Crippen LogP contribution in [0.5, 0.6) is 11.5 Å². The van der Waals surface area contributed by atoms with Crippen molar-refractivity contribution in [2.75, 3.05) is 27.3 Å². The van der Waals surface area contributed by atoms with Gasteiger partial charge in [0.05, 0.1) is 19.8 Å². The van der Waals surface area contributed by atoms with Crippen LogP contribution in [-0.2, 0) is 4.79 Å². The van der Waals surface area contributed by atoms with E-state index in [9.17, 15) is 9.59 Å². The Kier molecular flexibility index (Phi) is 4.27. The second kappa shape index (κ2) is 5.94. The average molecular weight is 277 g/mol. The summed E-state index contributed by atoms with van der Waals surface area (Å²) in [6.07, 6.45) is 0.867. The maximum Gasteiger partial charge on any atom is 0.257 e. The van der Waals surface area contributed by atoms with Crippen molar-refractivity contribution in [3.8, 4) is 11.5 Å². The molecular formula is C15H19NO4. The summed E-state index contributed by atoms with van der Waals surface area (Å²) in [6, 6.07) is 3.48. The lowest BCUT2D eigenvalue weighted by atomic mass is 10.0. The van der Waals surface area contributed by atoms with Crippen LogP contribution in [0.2, 0.25) is 0 Å². The fourth-order valence-electron chi connectivity index (χ4n) is 2.46. The minimum absolute atomic E-state index is 0.0971. The van der Waals surface area contributed by atoms with Gasteiger partial charge in [0.2, 0.25) is 0 Å². The van der Waals surface area contributed by atoms with E-state index < -0.39 is 0 Å². The Morgan fingerprint density at radius 1 is 1.15 bits per heavy atom. The van der Waals surface area contributed by atoms with Crippen molar-refractivity contribution in [2.24, 2.45) is 0 Å². The van der Waals surface area contributed by atoms with Gasteiger partial charge in [0, 0.05) is 31.5 Å². The van der Waals surface area contributed by atoms with Gasteiger partial charge < -0.3 is 14.4 Å². The van der Waals surface area contributed by atoms with E-state index in [1.54, 1.807) is 24.1 Å². The summed E-state index contributed by atoms with van der Waals surface area (Å²) in [6.45, 7) is 2.81. The zero-order chi connectivity index (χ0) is 14.7. The summed E-state index contributed by atoms with van der Waals surface area (Å²) >= 11 is 0. The number of hydrogen-bond donors (Lipinski definition) is 0. The van der Waals surface area contributed by atoms with E-state index in [0.29, 0.717) is 43.0 Å². The summed E-state index contributed by atoms with van der Waals surface area (Å²) in [7, 11) is 3.12. The molecule has 5 heteroatoms. The highest BCUT2D eigenvalue weighted by Gasteiger charge is 2.25. The monoisotopic (exact) mass is 277 g/mol. The molecule has 0 atom stereocenters. The van der Waals surface area contributed by atoms with Crippen LogP contribution < -0.4 is 9.47 Å². The molecule has 1 heterocycles. The molecular weight excluding hydrogens is 258 g/mol. The number of likely N-dealkylation sites (tertiary alicyclic amines) is 1. The number of piperidine rings is 1. The first-order valence-corrected chi connectivity index (χ1v) is 6.61. The molecule has 1 amide bonds. The van der Waals surface area contributed by atoms with Crippen LogP contribution in [0.3, 0.4) is 0 Å². The normalized spacial score (nSPS) is 15.2. The highest BCUT2D eigenvalue weighted by molar-refractivity contribution is 5.98. The van der Waals surface area contributed by atoms with Gasteiger partial charge in [-0.3, -0.25) is 9.59 Å². The number of nitrogens with zero attached hydrogens (tertiary/aromatic N) is 1. The van der Waals surface area contributed by atoms with E-state index in [1.165, 1.54) is 7.11 Å². The molecule has 1 aromatic carbocycles. The predicted octanol–water partition coefficient (Wildman–Crippen LogP) is 1.82. The number of methoxy groups -OCH3 is 2. The highest BCUT2D eigenvalue weighted by Crippen LogP contribution is 2.32. The third kappa shape index (κ3) is 2.61. The van der Waals surface area contributed by atoms with Gasteiger partial charge in [-0.1, -0.05) is 0 Å². The smallest absolute Gasteiger partial charge is 0.257 e. The lowest BCUT2D eigenvalue weighted by molar-refractivity contribution is -0.120. The molecule has 0 aliphatic carbocycles. The van der Waals surface area contributed by atoms with Crippen LogP contribution >= 0.6 is 0 Å². The number of carbonyl (C=O) groups is 2. The van der Waals surface area contributed by atoms with Gasteiger partial charge in [-0.2, -0.15) is 0 Å². The van der Waals surface area contributed by atoms with Crippen LogP contribution in [-0.4, -0.2) is 43.9 Å². The van der Waals surface area contributed by atoms with Crippen molar-refractivity contribution in [2.45, 2.75) is 19.8 Å².